The first kappa shape index (κ1) is 14.6. The lowest BCUT2D eigenvalue weighted by molar-refractivity contribution is 0.221. The van der Waals surface area contributed by atoms with Gasteiger partial charge in [0.25, 0.3) is 0 Å². The summed E-state index contributed by atoms with van der Waals surface area (Å²) >= 11 is 0. The molecule has 1 unspecified atom stereocenters. The van der Waals surface area contributed by atoms with Crippen LogP contribution in [0.15, 0.2) is 16.7 Å². The van der Waals surface area contributed by atoms with Crippen LogP contribution in [0.2, 0.25) is 0 Å². The Kier molecular flexibility index (Phi) is 4.69. The van der Waals surface area contributed by atoms with E-state index in [0.29, 0.717) is 0 Å². The van der Waals surface area contributed by atoms with Crippen LogP contribution in [0.25, 0.3) is 0 Å². The third-order valence-electron chi connectivity index (χ3n) is 3.86. The summed E-state index contributed by atoms with van der Waals surface area (Å²) in [7, 11) is 0. The average Bonchev–Trinajstić information content (AvgIpc) is 2.95. The molecule has 2 heterocycles. The van der Waals surface area contributed by atoms with Crippen molar-refractivity contribution in [1.82, 2.24) is 10.2 Å². The summed E-state index contributed by atoms with van der Waals surface area (Å²) in [5, 5.41) is 3.49. The third kappa shape index (κ3) is 4.36. The van der Waals surface area contributed by atoms with E-state index in [0.717, 1.165) is 24.9 Å². The molecule has 0 amide bonds. The molecule has 2 rings (SSSR count). The van der Waals surface area contributed by atoms with Gasteiger partial charge in [-0.05, 0) is 52.6 Å². The molecule has 1 aromatic rings. The molecule has 0 aromatic carbocycles. The quantitative estimate of drug-likeness (QED) is 0.881. The van der Waals surface area contributed by atoms with Gasteiger partial charge in [0.1, 0.15) is 5.76 Å². The highest BCUT2D eigenvalue weighted by atomic mass is 16.3. The molecular formula is C16H28N2O. The largest absolute Gasteiger partial charge is 0.468 e. The first-order chi connectivity index (χ1) is 8.98. The summed E-state index contributed by atoms with van der Waals surface area (Å²) in [6.07, 6.45) is 5.82. The average molecular weight is 264 g/mol. The highest BCUT2D eigenvalue weighted by Gasteiger charge is 2.23. The van der Waals surface area contributed by atoms with E-state index in [1.54, 1.807) is 0 Å². The van der Waals surface area contributed by atoms with Gasteiger partial charge in [0.15, 0.2) is 0 Å². The fraction of sp³-hybridized carbons (Fsp3) is 0.750. The molecule has 1 fully saturated rings. The normalized spacial score (nSPS) is 21.2. The van der Waals surface area contributed by atoms with Crippen LogP contribution < -0.4 is 5.32 Å². The summed E-state index contributed by atoms with van der Waals surface area (Å²) in [4.78, 5) is 2.56. The lowest BCUT2D eigenvalue weighted by Gasteiger charge is -2.21. The van der Waals surface area contributed by atoms with Crippen LogP contribution in [-0.2, 0) is 13.1 Å². The maximum absolute atomic E-state index is 5.70. The van der Waals surface area contributed by atoms with Crippen LogP contribution in [0.5, 0.6) is 0 Å². The summed E-state index contributed by atoms with van der Waals surface area (Å²) in [5.74, 6) is 1.10. The Hall–Kier alpha value is -0.800. The van der Waals surface area contributed by atoms with E-state index >= 15 is 0 Å². The van der Waals surface area contributed by atoms with Gasteiger partial charge in [-0.25, -0.2) is 0 Å². The number of hydrogen-bond acceptors (Lipinski definition) is 3. The fourth-order valence-electron chi connectivity index (χ4n) is 2.73. The fourth-order valence-corrected chi connectivity index (χ4v) is 2.73. The van der Waals surface area contributed by atoms with Crippen molar-refractivity contribution in [2.45, 2.75) is 71.6 Å². The van der Waals surface area contributed by atoms with Crippen LogP contribution >= 0.6 is 0 Å². The van der Waals surface area contributed by atoms with Crippen molar-refractivity contribution in [2.75, 3.05) is 6.54 Å². The van der Waals surface area contributed by atoms with Gasteiger partial charge in [0.05, 0.1) is 12.8 Å². The standard InChI is InChI=1S/C16H28N2O/c1-5-14-7-6-8-18(14)11-15-9-13(12-19-15)10-17-16(2,3)4/h9,12,14,17H,5-8,10-11H2,1-4H3. The zero-order valence-corrected chi connectivity index (χ0v) is 12.8. The highest BCUT2D eigenvalue weighted by molar-refractivity contribution is 5.13. The molecule has 108 valence electrons. The minimum Gasteiger partial charge on any atom is -0.468 e. The van der Waals surface area contributed by atoms with Gasteiger partial charge in [0, 0.05) is 23.7 Å². The molecule has 3 heteroatoms. The van der Waals surface area contributed by atoms with Gasteiger partial charge in [-0.2, -0.15) is 0 Å². The van der Waals surface area contributed by atoms with Crippen molar-refractivity contribution in [1.29, 1.82) is 0 Å². The summed E-state index contributed by atoms with van der Waals surface area (Å²) in [5.41, 5.74) is 1.40. The molecule has 1 aliphatic rings. The number of nitrogens with zero attached hydrogens (tertiary/aromatic N) is 1. The predicted molar refractivity (Wildman–Crippen MR) is 79.0 cm³/mol. The van der Waals surface area contributed by atoms with Crippen molar-refractivity contribution in [3.63, 3.8) is 0 Å². The second kappa shape index (κ2) is 6.10. The van der Waals surface area contributed by atoms with E-state index in [-0.39, 0.29) is 5.54 Å². The summed E-state index contributed by atoms with van der Waals surface area (Å²) in [6, 6.07) is 2.95. The van der Waals surface area contributed by atoms with Gasteiger partial charge in [-0.3, -0.25) is 4.90 Å². The molecule has 0 bridgehead atoms. The maximum Gasteiger partial charge on any atom is 0.118 e. The number of furan rings is 1. The minimum absolute atomic E-state index is 0.152. The second-order valence-electron chi connectivity index (χ2n) is 6.70. The van der Waals surface area contributed by atoms with E-state index < -0.39 is 0 Å². The molecule has 3 nitrogen and oxygen atoms in total. The molecule has 19 heavy (non-hydrogen) atoms. The molecular weight excluding hydrogens is 236 g/mol. The van der Waals surface area contributed by atoms with Crippen LogP contribution in [0.1, 0.15) is 58.3 Å². The highest BCUT2D eigenvalue weighted by Crippen LogP contribution is 2.23. The van der Waals surface area contributed by atoms with E-state index in [4.69, 9.17) is 4.42 Å². The third-order valence-corrected chi connectivity index (χ3v) is 3.86. The minimum atomic E-state index is 0.152. The van der Waals surface area contributed by atoms with Crippen molar-refractivity contribution in [3.8, 4) is 0 Å². The number of likely N-dealkylation sites (tertiary alicyclic amines) is 1. The first-order valence-electron chi connectivity index (χ1n) is 7.53. The molecule has 1 atom stereocenters. The van der Waals surface area contributed by atoms with Crippen molar-refractivity contribution >= 4 is 0 Å². The molecule has 1 aliphatic heterocycles. The van der Waals surface area contributed by atoms with Crippen molar-refractivity contribution in [2.24, 2.45) is 0 Å². The van der Waals surface area contributed by atoms with Crippen molar-refractivity contribution in [3.05, 3.63) is 23.7 Å². The zero-order chi connectivity index (χ0) is 13.9. The number of nitrogens with one attached hydrogen (secondary N) is 1. The van der Waals surface area contributed by atoms with Gasteiger partial charge in [-0.1, -0.05) is 6.92 Å². The molecule has 1 saturated heterocycles. The summed E-state index contributed by atoms with van der Waals surface area (Å²) in [6.45, 7) is 11.9. The first-order valence-corrected chi connectivity index (χ1v) is 7.53. The molecule has 1 aromatic heterocycles. The van der Waals surface area contributed by atoms with Crippen molar-refractivity contribution < 1.29 is 4.42 Å². The maximum atomic E-state index is 5.70. The molecule has 1 N–H and O–H groups in total. The van der Waals surface area contributed by atoms with Crippen LogP contribution in [-0.4, -0.2) is 23.0 Å². The Morgan fingerprint density at radius 1 is 1.42 bits per heavy atom. The Morgan fingerprint density at radius 2 is 2.21 bits per heavy atom. The van der Waals surface area contributed by atoms with E-state index in [1.807, 2.05) is 6.26 Å². The lowest BCUT2D eigenvalue weighted by atomic mass is 10.1. The number of rotatable bonds is 5. The van der Waals surface area contributed by atoms with E-state index in [2.05, 4.69) is 44.0 Å². The Bertz CT molecular complexity index is 392. The van der Waals surface area contributed by atoms with Crippen LogP contribution in [0, 0.1) is 0 Å². The Balaban J connectivity index is 1.87. The van der Waals surface area contributed by atoms with Gasteiger partial charge >= 0.3 is 0 Å². The second-order valence-corrected chi connectivity index (χ2v) is 6.70. The van der Waals surface area contributed by atoms with Gasteiger partial charge in [0.2, 0.25) is 0 Å². The Labute approximate surface area is 117 Å². The van der Waals surface area contributed by atoms with Gasteiger partial charge in [-0.15, -0.1) is 0 Å². The topological polar surface area (TPSA) is 28.4 Å². The molecule has 0 saturated carbocycles. The lowest BCUT2D eigenvalue weighted by Crippen LogP contribution is -2.34. The SMILES string of the molecule is CCC1CCCN1Cc1cc(CNC(C)(C)C)co1. The van der Waals surface area contributed by atoms with E-state index in [1.165, 1.54) is 31.4 Å². The molecule has 0 aliphatic carbocycles. The number of hydrogen-bond donors (Lipinski definition) is 1. The van der Waals surface area contributed by atoms with E-state index in [9.17, 15) is 0 Å². The summed E-state index contributed by atoms with van der Waals surface area (Å²) < 4.78 is 5.70. The monoisotopic (exact) mass is 264 g/mol. The zero-order valence-electron chi connectivity index (χ0n) is 12.8. The molecule has 0 radical (unpaired) electrons. The van der Waals surface area contributed by atoms with Crippen LogP contribution in [0.4, 0.5) is 0 Å². The van der Waals surface area contributed by atoms with Gasteiger partial charge < -0.3 is 9.73 Å². The molecule has 0 spiro atoms. The Morgan fingerprint density at radius 3 is 2.89 bits per heavy atom. The van der Waals surface area contributed by atoms with Crippen LogP contribution in [0.3, 0.4) is 0 Å². The predicted octanol–water partition coefficient (Wildman–Crippen LogP) is 3.54. The smallest absolute Gasteiger partial charge is 0.118 e.